The molecule has 1 N–H and O–H groups in total. The van der Waals surface area contributed by atoms with Gasteiger partial charge in [-0.1, -0.05) is 60.7 Å². The number of aryl methyl sites for hydroxylation is 1. The van der Waals surface area contributed by atoms with Gasteiger partial charge in [-0.15, -0.1) is 22.7 Å². The second kappa shape index (κ2) is 11.9. The van der Waals surface area contributed by atoms with E-state index in [0.717, 1.165) is 22.3 Å². The summed E-state index contributed by atoms with van der Waals surface area (Å²) in [7, 11) is 0. The summed E-state index contributed by atoms with van der Waals surface area (Å²) in [5.74, 6) is 0.226. The summed E-state index contributed by atoms with van der Waals surface area (Å²) in [6.45, 7) is 1.88. The molecule has 0 saturated carbocycles. The highest BCUT2D eigenvalue weighted by molar-refractivity contribution is 7.13. The maximum atomic E-state index is 10.8. The number of carboxylic acid groups (broad SMARTS) is 1. The topological polar surface area (TPSA) is 55.8 Å². The van der Waals surface area contributed by atoms with Crippen LogP contribution in [-0.2, 0) is 4.79 Å². The van der Waals surface area contributed by atoms with Gasteiger partial charge in [-0.05, 0) is 87.5 Å². The first-order valence-electron chi connectivity index (χ1n) is 12.1. The highest BCUT2D eigenvalue weighted by atomic mass is 32.1. The lowest BCUT2D eigenvalue weighted by molar-refractivity contribution is -0.139. The fourth-order valence-corrected chi connectivity index (χ4v) is 5.62. The maximum absolute atomic E-state index is 10.8. The molecule has 0 amide bonds. The molecule has 38 heavy (non-hydrogen) atoms. The third-order valence-corrected chi connectivity index (χ3v) is 7.88. The number of thiophene rings is 2. The molecule has 0 unspecified atom stereocenters. The summed E-state index contributed by atoms with van der Waals surface area (Å²) in [5.41, 5.74) is 6.55. The average molecular weight is 539 g/mol. The van der Waals surface area contributed by atoms with Gasteiger partial charge in [0.1, 0.15) is 18.1 Å². The van der Waals surface area contributed by atoms with Gasteiger partial charge >= 0.3 is 5.97 Å². The Morgan fingerprint density at radius 3 is 1.84 bits per heavy atom. The molecule has 0 aliphatic heterocycles. The molecule has 0 aliphatic carbocycles. The zero-order chi connectivity index (χ0) is 26.3. The zero-order valence-electron chi connectivity index (χ0n) is 20.8. The third kappa shape index (κ3) is 6.22. The van der Waals surface area contributed by atoms with Gasteiger partial charge in [0.05, 0.1) is 0 Å². The van der Waals surface area contributed by atoms with Gasteiger partial charge < -0.3 is 14.6 Å². The molecule has 2 aromatic heterocycles. The summed E-state index contributed by atoms with van der Waals surface area (Å²) in [6, 6.07) is 31.1. The molecule has 0 spiro atoms. The SMILES string of the molecule is Cc1cc(OCC=C(c2ccc(-c3cccs3)cc2)c2ccc(-c3cccs3)cc2)ccc1OCC(=O)O. The molecule has 0 fully saturated rings. The first kappa shape index (κ1) is 25.5. The second-order valence-corrected chi connectivity index (χ2v) is 10.5. The Morgan fingerprint density at radius 1 is 0.789 bits per heavy atom. The molecule has 5 aromatic rings. The fraction of sp³-hybridized carbons (Fsp3) is 0.0938. The summed E-state index contributed by atoms with van der Waals surface area (Å²) >= 11 is 3.47. The van der Waals surface area contributed by atoms with Crippen molar-refractivity contribution in [2.45, 2.75) is 6.92 Å². The van der Waals surface area contributed by atoms with Crippen LogP contribution in [0.25, 0.3) is 26.5 Å². The Bertz CT molecular complexity index is 1440. The maximum Gasteiger partial charge on any atom is 0.341 e. The first-order chi connectivity index (χ1) is 18.6. The van der Waals surface area contributed by atoms with Crippen molar-refractivity contribution in [1.29, 1.82) is 0 Å². The van der Waals surface area contributed by atoms with Crippen LogP contribution in [0.2, 0.25) is 0 Å². The molecule has 0 saturated heterocycles. The number of ether oxygens (including phenoxy) is 2. The Hall–Kier alpha value is -4.13. The standard InChI is InChI=1S/C32H26O4S2/c1-22-20-27(14-15-29(22)36-21-32(33)34)35-17-16-28(23-6-10-25(11-7-23)30-4-2-18-37-30)24-8-12-26(13-9-24)31-5-3-19-38-31/h2-16,18-20H,17,21H2,1H3,(H,33,34). The summed E-state index contributed by atoms with van der Waals surface area (Å²) in [4.78, 5) is 13.3. The van der Waals surface area contributed by atoms with E-state index in [2.05, 4.69) is 89.6 Å². The minimum Gasteiger partial charge on any atom is -0.489 e. The highest BCUT2D eigenvalue weighted by Crippen LogP contribution is 2.31. The number of rotatable bonds is 10. The second-order valence-electron chi connectivity index (χ2n) is 8.65. The summed E-state index contributed by atoms with van der Waals surface area (Å²) < 4.78 is 11.4. The quantitative estimate of drug-likeness (QED) is 0.194. The Morgan fingerprint density at radius 2 is 1.37 bits per heavy atom. The Labute approximate surface area is 230 Å². The van der Waals surface area contributed by atoms with Crippen LogP contribution in [0, 0.1) is 6.92 Å². The smallest absolute Gasteiger partial charge is 0.341 e. The van der Waals surface area contributed by atoms with E-state index in [1.165, 1.54) is 20.9 Å². The normalized spacial score (nSPS) is 10.7. The number of hydrogen-bond acceptors (Lipinski definition) is 5. The van der Waals surface area contributed by atoms with Crippen LogP contribution in [0.1, 0.15) is 16.7 Å². The number of benzene rings is 3. The van der Waals surface area contributed by atoms with Crippen LogP contribution in [0.15, 0.2) is 108 Å². The van der Waals surface area contributed by atoms with E-state index in [-0.39, 0.29) is 6.61 Å². The molecule has 0 bridgehead atoms. The molecule has 4 nitrogen and oxygen atoms in total. The van der Waals surface area contributed by atoms with Crippen molar-refractivity contribution in [3.8, 4) is 32.4 Å². The monoisotopic (exact) mass is 538 g/mol. The van der Waals surface area contributed by atoms with E-state index in [9.17, 15) is 4.79 Å². The van der Waals surface area contributed by atoms with Gasteiger partial charge in [0.25, 0.3) is 0 Å². The zero-order valence-corrected chi connectivity index (χ0v) is 22.4. The van der Waals surface area contributed by atoms with Crippen LogP contribution >= 0.6 is 22.7 Å². The summed E-state index contributed by atoms with van der Waals surface area (Å²) in [6.07, 6.45) is 2.10. The van der Waals surface area contributed by atoms with E-state index in [1.807, 2.05) is 13.0 Å². The molecular formula is C32H26O4S2. The van der Waals surface area contributed by atoms with Gasteiger partial charge in [-0.3, -0.25) is 0 Å². The molecule has 2 heterocycles. The van der Waals surface area contributed by atoms with Crippen molar-refractivity contribution in [3.05, 3.63) is 125 Å². The Kier molecular flexibility index (Phi) is 8.02. The average Bonchev–Trinajstić information content (AvgIpc) is 3.66. The molecule has 190 valence electrons. The number of carbonyl (C=O) groups is 1. The minimum atomic E-state index is -1.01. The Balaban J connectivity index is 1.38. The molecule has 0 atom stereocenters. The van der Waals surface area contributed by atoms with Crippen LogP contribution in [0.5, 0.6) is 11.5 Å². The fourth-order valence-electron chi connectivity index (χ4n) is 4.15. The van der Waals surface area contributed by atoms with Crippen molar-refractivity contribution < 1.29 is 19.4 Å². The van der Waals surface area contributed by atoms with Crippen LogP contribution in [-0.4, -0.2) is 24.3 Å². The molecule has 3 aromatic carbocycles. The van der Waals surface area contributed by atoms with Crippen LogP contribution in [0.3, 0.4) is 0 Å². The predicted octanol–water partition coefficient (Wildman–Crippen LogP) is 8.43. The molecule has 6 heteroatoms. The largest absolute Gasteiger partial charge is 0.489 e. The molecular weight excluding hydrogens is 512 g/mol. The van der Waals surface area contributed by atoms with Crippen molar-refractivity contribution >= 4 is 34.2 Å². The van der Waals surface area contributed by atoms with Crippen molar-refractivity contribution in [2.24, 2.45) is 0 Å². The van der Waals surface area contributed by atoms with Crippen molar-refractivity contribution in [2.75, 3.05) is 13.2 Å². The molecule has 5 rings (SSSR count). The van der Waals surface area contributed by atoms with E-state index in [4.69, 9.17) is 14.6 Å². The van der Waals surface area contributed by atoms with Gasteiger partial charge in [-0.25, -0.2) is 4.79 Å². The third-order valence-electron chi connectivity index (χ3n) is 6.04. The lowest BCUT2D eigenvalue weighted by Gasteiger charge is -2.12. The lowest BCUT2D eigenvalue weighted by Crippen LogP contribution is -2.10. The molecule has 0 radical (unpaired) electrons. The van der Waals surface area contributed by atoms with Crippen molar-refractivity contribution in [3.63, 3.8) is 0 Å². The molecule has 0 aliphatic rings. The van der Waals surface area contributed by atoms with Gasteiger partial charge in [0, 0.05) is 9.75 Å². The highest BCUT2D eigenvalue weighted by Gasteiger charge is 2.09. The lowest BCUT2D eigenvalue weighted by atomic mass is 9.95. The van der Waals surface area contributed by atoms with E-state index in [0.29, 0.717) is 18.1 Å². The van der Waals surface area contributed by atoms with Crippen LogP contribution in [0.4, 0.5) is 0 Å². The predicted molar refractivity (Wildman–Crippen MR) is 156 cm³/mol. The first-order valence-corrected chi connectivity index (χ1v) is 13.9. The van der Waals surface area contributed by atoms with E-state index >= 15 is 0 Å². The van der Waals surface area contributed by atoms with Crippen LogP contribution < -0.4 is 9.47 Å². The van der Waals surface area contributed by atoms with E-state index in [1.54, 1.807) is 34.8 Å². The van der Waals surface area contributed by atoms with Gasteiger partial charge in [0.15, 0.2) is 6.61 Å². The van der Waals surface area contributed by atoms with Crippen molar-refractivity contribution in [1.82, 2.24) is 0 Å². The van der Waals surface area contributed by atoms with Gasteiger partial charge in [0.2, 0.25) is 0 Å². The number of carboxylic acids is 1. The minimum absolute atomic E-state index is 0.371. The summed E-state index contributed by atoms with van der Waals surface area (Å²) in [5, 5.41) is 13.0. The number of aliphatic carboxylic acids is 1. The van der Waals surface area contributed by atoms with Gasteiger partial charge in [-0.2, -0.15) is 0 Å². The van der Waals surface area contributed by atoms with E-state index < -0.39 is 5.97 Å². The number of hydrogen-bond donors (Lipinski definition) is 1.